The summed E-state index contributed by atoms with van der Waals surface area (Å²) in [6.45, 7) is -2.63. The minimum atomic E-state index is -2.27. The van der Waals surface area contributed by atoms with Gasteiger partial charge in [0.25, 0.3) is 5.69 Å². The van der Waals surface area contributed by atoms with Crippen molar-refractivity contribution in [3.05, 3.63) is 58.8 Å². The van der Waals surface area contributed by atoms with Gasteiger partial charge < -0.3 is 129 Å². The summed E-state index contributed by atoms with van der Waals surface area (Å²) in [6, 6.07) is 9.72. The molecular weight excluding hydrogens is 966 g/mol. The van der Waals surface area contributed by atoms with E-state index in [-0.39, 0.29) is 24.4 Å². The zero-order chi connectivity index (χ0) is 51.4. The van der Waals surface area contributed by atoms with E-state index in [2.05, 4.69) is 10.3 Å². The Morgan fingerprint density at radius 2 is 0.930 bits per heavy atom. The first-order valence-corrected chi connectivity index (χ1v) is 22.3. The molecule has 0 spiro atoms. The zero-order valence-electron chi connectivity index (χ0n) is 37.1. The van der Waals surface area contributed by atoms with Gasteiger partial charge in [-0.05, 0) is 30.7 Å². The molecule has 0 bridgehead atoms. The quantitative estimate of drug-likeness (QED) is 0.0487. The zero-order valence-corrected chi connectivity index (χ0v) is 37.1. The molecule has 5 aliphatic rings. The number of aromatic nitrogens is 1. The number of nitro groups is 1. The maximum atomic E-state index is 11.2. The van der Waals surface area contributed by atoms with Crippen LogP contribution in [0.15, 0.2) is 48.7 Å². The molecule has 25 unspecified atom stereocenters. The summed E-state index contributed by atoms with van der Waals surface area (Å²) in [5.74, 6) is 0.486. The Hall–Kier alpha value is -3.59. The second-order valence-electron chi connectivity index (χ2n) is 17.2. The van der Waals surface area contributed by atoms with Gasteiger partial charge in [-0.3, -0.25) is 10.1 Å². The van der Waals surface area contributed by atoms with Crippen LogP contribution < -0.4 is 10.1 Å². The summed E-state index contributed by atoms with van der Waals surface area (Å²) in [7, 11) is 0. The number of aliphatic hydroxyl groups excluding tert-OH is 15. The number of nitro benzene ring substituents is 1. The van der Waals surface area contributed by atoms with Crippen LogP contribution in [0.3, 0.4) is 0 Å². The molecule has 0 saturated carbocycles. The molecule has 0 radical (unpaired) electrons. The number of hydrogen-bond acceptors (Lipinski definition) is 29. The van der Waals surface area contributed by atoms with Crippen molar-refractivity contribution in [2.75, 3.05) is 31.7 Å². The number of non-ortho nitro benzene ring substituents is 1. The van der Waals surface area contributed by atoms with Crippen molar-refractivity contribution in [1.82, 2.24) is 4.98 Å². The Balaban J connectivity index is 0.928. The second kappa shape index (κ2) is 24.2. The molecule has 400 valence electrons. The van der Waals surface area contributed by atoms with Crippen LogP contribution in [0.5, 0.6) is 5.75 Å². The van der Waals surface area contributed by atoms with Gasteiger partial charge in [-0.15, -0.1) is 0 Å². The van der Waals surface area contributed by atoms with E-state index in [4.69, 9.17) is 47.4 Å². The molecule has 1 aromatic heterocycles. The van der Waals surface area contributed by atoms with Gasteiger partial charge in [0.15, 0.2) is 31.5 Å². The highest BCUT2D eigenvalue weighted by Crippen LogP contribution is 2.36. The molecule has 5 aliphatic heterocycles. The van der Waals surface area contributed by atoms with Crippen LogP contribution in [-0.4, -0.2) is 267 Å². The van der Waals surface area contributed by atoms with Crippen LogP contribution in [0, 0.1) is 10.1 Å². The maximum Gasteiger partial charge on any atom is 0.269 e. The number of aliphatic hydroxyl groups is 15. The fraction of sp³-hybridized carbons (Fsp3) is 0.732. The van der Waals surface area contributed by atoms with E-state index in [1.165, 1.54) is 12.1 Å². The van der Waals surface area contributed by atoms with Crippen molar-refractivity contribution >= 4 is 11.5 Å². The minimum absolute atomic E-state index is 0.0200. The van der Waals surface area contributed by atoms with E-state index >= 15 is 0 Å². The monoisotopic (exact) mass is 1030 g/mol. The third-order valence-corrected chi connectivity index (χ3v) is 12.5. The van der Waals surface area contributed by atoms with Crippen molar-refractivity contribution in [2.24, 2.45) is 0 Å². The number of pyridine rings is 1. The molecule has 0 amide bonds. The molecule has 71 heavy (non-hydrogen) atoms. The van der Waals surface area contributed by atoms with Crippen LogP contribution >= 0.6 is 0 Å². The van der Waals surface area contributed by atoms with Gasteiger partial charge in [0.05, 0.1) is 30.8 Å². The van der Waals surface area contributed by atoms with Crippen molar-refractivity contribution in [3.8, 4) is 5.75 Å². The fourth-order valence-electron chi connectivity index (χ4n) is 8.54. The molecule has 0 aliphatic carbocycles. The van der Waals surface area contributed by atoms with Gasteiger partial charge in [0.1, 0.15) is 121 Å². The van der Waals surface area contributed by atoms with E-state index < -0.39 is 178 Å². The van der Waals surface area contributed by atoms with Gasteiger partial charge in [-0.25, -0.2) is 4.98 Å². The number of benzene rings is 1. The van der Waals surface area contributed by atoms with Crippen LogP contribution in [0.1, 0.15) is 6.42 Å². The van der Waals surface area contributed by atoms with Crippen molar-refractivity contribution in [3.63, 3.8) is 0 Å². The average molecular weight is 1030 g/mol. The van der Waals surface area contributed by atoms with Crippen LogP contribution in [0.25, 0.3) is 0 Å². The van der Waals surface area contributed by atoms with Crippen LogP contribution in [0.4, 0.5) is 11.5 Å². The van der Waals surface area contributed by atoms with Crippen molar-refractivity contribution in [2.45, 2.75) is 160 Å². The van der Waals surface area contributed by atoms with Crippen LogP contribution in [0.2, 0.25) is 0 Å². The lowest BCUT2D eigenvalue weighted by Gasteiger charge is -2.49. The van der Waals surface area contributed by atoms with E-state index in [1.807, 2.05) is 0 Å². The lowest BCUT2D eigenvalue weighted by Crippen LogP contribution is -2.67. The van der Waals surface area contributed by atoms with Gasteiger partial charge >= 0.3 is 0 Å². The average Bonchev–Trinajstić information content (AvgIpc) is 3.36. The van der Waals surface area contributed by atoms with Gasteiger partial charge in [0.2, 0.25) is 6.29 Å². The molecule has 6 heterocycles. The summed E-state index contributed by atoms with van der Waals surface area (Å²) in [4.78, 5) is 14.4. The summed E-state index contributed by atoms with van der Waals surface area (Å²) in [6.07, 6.45) is -45.2. The molecule has 7 rings (SSSR count). The molecule has 5 saturated heterocycles. The molecule has 1 aromatic carbocycles. The minimum Gasteiger partial charge on any atom is -0.462 e. The van der Waals surface area contributed by atoms with E-state index in [9.17, 15) is 86.7 Å². The summed E-state index contributed by atoms with van der Waals surface area (Å²) < 4.78 is 55.9. The predicted molar refractivity (Wildman–Crippen MR) is 223 cm³/mol. The first-order chi connectivity index (χ1) is 33.9. The Bertz CT molecular complexity index is 1970. The summed E-state index contributed by atoms with van der Waals surface area (Å²) in [5, 5.41) is 176. The van der Waals surface area contributed by atoms with E-state index in [0.29, 0.717) is 5.82 Å². The molecule has 30 heteroatoms. The predicted octanol–water partition coefficient (Wildman–Crippen LogP) is -8.07. The van der Waals surface area contributed by atoms with E-state index in [1.54, 1.807) is 24.4 Å². The molecule has 25 atom stereocenters. The van der Waals surface area contributed by atoms with Gasteiger partial charge in [-0.1, -0.05) is 6.07 Å². The van der Waals surface area contributed by atoms with Gasteiger partial charge in [0, 0.05) is 24.9 Å². The number of rotatable bonds is 18. The largest absolute Gasteiger partial charge is 0.462 e. The highest BCUT2D eigenvalue weighted by Gasteiger charge is 2.56. The number of ether oxygens (including phenoxy) is 10. The Kier molecular flexibility index (Phi) is 18.8. The smallest absolute Gasteiger partial charge is 0.269 e. The normalized spacial score (nSPS) is 44.2. The molecule has 30 nitrogen and oxygen atoms in total. The van der Waals surface area contributed by atoms with Gasteiger partial charge in [-0.2, -0.15) is 0 Å². The Morgan fingerprint density at radius 3 is 1.39 bits per heavy atom. The Morgan fingerprint density at radius 1 is 0.507 bits per heavy atom. The summed E-state index contributed by atoms with van der Waals surface area (Å²) in [5.41, 5.74) is -0.267. The van der Waals surface area contributed by atoms with E-state index in [0.717, 1.165) is 12.1 Å². The number of hydrogen-bond donors (Lipinski definition) is 16. The first-order valence-electron chi connectivity index (χ1n) is 22.3. The topological polar surface area (TPSA) is 464 Å². The standard InChI is InChI=1S/C41H59N3O27/c45-11-17-32(23(50)28(55)37(64-17)62-15-6-4-14(5-7-15)44(60)61)68-39-29(56)24(51)34(19(13-47)65-39)69-41-31(58)26(53)35(36(59)71-41)70-40-30(57)25(52)33(18(12-46)66-40)67-38-27(54)22(49)21(48)16(63-38)8-10-43-20-3-1-2-9-42-20/h1-7,9,16-19,21-41,45-59H,8,10-13H2,(H,42,43). The number of nitrogens with one attached hydrogen (secondary N) is 1. The van der Waals surface area contributed by atoms with Crippen molar-refractivity contribution in [1.29, 1.82) is 0 Å². The molecule has 2 aromatic rings. The lowest BCUT2D eigenvalue weighted by molar-refractivity contribution is -0.407. The number of anilines is 1. The van der Waals surface area contributed by atoms with Crippen molar-refractivity contribution < 1.29 is 129 Å². The number of nitrogens with zero attached hydrogens (tertiary/aromatic N) is 2. The second-order valence-corrected chi connectivity index (χ2v) is 17.2. The first kappa shape index (κ1) is 55.2. The molecule has 16 N–H and O–H groups in total. The Labute approximate surface area is 401 Å². The highest BCUT2D eigenvalue weighted by atomic mass is 16.8. The SMILES string of the molecule is O=[N+]([O-])c1ccc(OC2OC(CO)C(OC3OC(CO)C(OC4OC(O)C(OC5OC(CO)C(OC6OC(CCNc7ccccn7)C(O)C(O)C6O)C(O)C5O)C(O)C4O)C(O)C3O)C(O)C2O)cc1. The summed E-state index contributed by atoms with van der Waals surface area (Å²) >= 11 is 0. The molecular formula is C41H59N3O27. The lowest BCUT2D eigenvalue weighted by atomic mass is 9.95. The molecule has 5 fully saturated rings. The van der Waals surface area contributed by atoms with Crippen LogP contribution in [-0.2, 0) is 42.6 Å². The third-order valence-electron chi connectivity index (χ3n) is 12.5. The fourth-order valence-corrected chi connectivity index (χ4v) is 8.54. The third kappa shape index (κ3) is 12.2. The maximum absolute atomic E-state index is 11.2. The highest BCUT2D eigenvalue weighted by molar-refractivity contribution is 5.36.